The van der Waals surface area contributed by atoms with E-state index in [1.807, 2.05) is 25.1 Å². The molecule has 0 bridgehead atoms. The zero-order valence-corrected chi connectivity index (χ0v) is 15.2. The number of hydrogen-bond acceptors (Lipinski definition) is 5. The van der Waals surface area contributed by atoms with Crippen LogP contribution in [0.25, 0.3) is 6.08 Å². The van der Waals surface area contributed by atoms with Gasteiger partial charge >= 0.3 is 5.97 Å². The Morgan fingerprint density at radius 2 is 2.16 bits per heavy atom. The Morgan fingerprint density at radius 1 is 1.36 bits per heavy atom. The summed E-state index contributed by atoms with van der Waals surface area (Å²) < 4.78 is 5.06. The largest absolute Gasteiger partial charge is 0.462 e. The molecule has 0 aromatic carbocycles. The van der Waals surface area contributed by atoms with E-state index < -0.39 is 0 Å². The van der Waals surface area contributed by atoms with E-state index in [1.54, 1.807) is 0 Å². The van der Waals surface area contributed by atoms with E-state index in [-0.39, 0.29) is 5.97 Å². The Morgan fingerprint density at radius 3 is 2.88 bits per heavy atom. The third kappa shape index (κ3) is 3.33. The molecule has 2 fully saturated rings. The predicted molar refractivity (Wildman–Crippen MR) is 101 cm³/mol. The van der Waals surface area contributed by atoms with E-state index in [0.29, 0.717) is 11.5 Å². The quantitative estimate of drug-likeness (QED) is 0.735. The number of fused-ring (bicyclic) bond motifs is 1. The molecule has 2 aromatic rings. The van der Waals surface area contributed by atoms with Crippen molar-refractivity contribution in [3.8, 4) is 0 Å². The maximum atomic E-state index is 11.8. The first-order valence-electron chi connectivity index (χ1n) is 8.81. The first-order valence-corrected chi connectivity index (χ1v) is 9.62. The third-order valence-electron chi connectivity index (χ3n) is 5.00. The van der Waals surface area contributed by atoms with Gasteiger partial charge in [-0.05, 0) is 55.0 Å². The number of pyridine rings is 1. The average Bonchev–Trinajstić information content (AvgIpc) is 3.02. The van der Waals surface area contributed by atoms with Crippen LogP contribution in [0, 0.1) is 11.8 Å². The SMILES string of the molecule is C=Cc1nc(N2CC3CC3C2)ccc1Cc1ccc(C(=O)OCC)s1. The molecule has 2 unspecified atom stereocenters. The first kappa shape index (κ1) is 16.3. The molecule has 2 atom stereocenters. The Balaban J connectivity index is 1.50. The van der Waals surface area contributed by atoms with Gasteiger partial charge in [0.1, 0.15) is 10.7 Å². The van der Waals surface area contributed by atoms with E-state index in [0.717, 1.165) is 53.3 Å². The lowest BCUT2D eigenvalue weighted by Crippen LogP contribution is -2.23. The van der Waals surface area contributed by atoms with Crippen molar-refractivity contribution < 1.29 is 9.53 Å². The summed E-state index contributed by atoms with van der Waals surface area (Å²) in [5, 5.41) is 0. The molecule has 4 nitrogen and oxygen atoms in total. The van der Waals surface area contributed by atoms with E-state index in [4.69, 9.17) is 9.72 Å². The van der Waals surface area contributed by atoms with Crippen LogP contribution in [-0.4, -0.2) is 30.6 Å². The molecule has 1 saturated carbocycles. The van der Waals surface area contributed by atoms with Gasteiger partial charge in [-0.3, -0.25) is 0 Å². The molecule has 4 rings (SSSR count). The van der Waals surface area contributed by atoms with Crippen molar-refractivity contribution in [2.45, 2.75) is 19.8 Å². The Bertz CT molecular complexity index is 804. The number of carbonyl (C=O) groups excluding carboxylic acids is 1. The lowest BCUT2D eigenvalue weighted by molar-refractivity contribution is 0.0532. The standard InChI is InChI=1S/C20H22N2O2S/c1-3-17-13(10-16-6-7-18(25-16)20(23)24-4-2)5-8-19(21-17)22-11-14-9-15(14)12-22/h3,5-8,14-15H,1,4,9-12H2,2H3. The maximum absolute atomic E-state index is 11.8. The fourth-order valence-electron chi connectivity index (χ4n) is 3.55. The molecule has 0 amide bonds. The molecule has 5 heteroatoms. The van der Waals surface area contributed by atoms with Crippen LogP contribution in [-0.2, 0) is 11.2 Å². The summed E-state index contributed by atoms with van der Waals surface area (Å²) in [6.07, 6.45) is 3.98. The Hall–Kier alpha value is -2.14. The van der Waals surface area contributed by atoms with Crippen molar-refractivity contribution in [1.29, 1.82) is 0 Å². The van der Waals surface area contributed by atoms with Crippen LogP contribution in [0.3, 0.4) is 0 Å². The van der Waals surface area contributed by atoms with Crippen molar-refractivity contribution in [3.05, 3.63) is 51.9 Å². The van der Waals surface area contributed by atoms with Gasteiger partial charge in [0.25, 0.3) is 0 Å². The van der Waals surface area contributed by atoms with Crippen molar-refractivity contribution in [2.24, 2.45) is 11.8 Å². The summed E-state index contributed by atoms with van der Waals surface area (Å²) in [4.78, 5) is 20.8. The average molecular weight is 354 g/mol. The van der Waals surface area contributed by atoms with E-state index >= 15 is 0 Å². The fourth-order valence-corrected chi connectivity index (χ4v) is 4.48. The van der Waals surface area contributed by atoms with Crippen LogP contribution in [0.2, 0.25) is 0 Å². The number of rotatable bonds is 6. The van der Waals surface area contributed by atoms with Gasteiger partial charge in [0.15, 0.2) is 0 Å². The second-order valence-corrected chi connectivity index (χ2v) is 7.91. The number of carbonyl (C=O) groups is 1. The zero-order chi connectivity index (χ0) is 17.4. The maximum Gasteiger partial charge on any atom is 0.348 e. The summed E-state index contributed by atoms with van der Waals surface area (Å²) >= 11 is 1.48. The molecule has 1 aliphatic heterocycles. The lowest BCUT2D eigenvalue weighted by atomic mass is 10.1. The van der Waals surface area contributed by atoms with Crippen molar-refractivity contribution in [3.63, 3.8) is 0 Å². The van der Waals surface area contributed by atoms with Crippen LogP contribution < -0.4 is 4.90 Å². The molecule has 3 heterocycles. The molecular formula is C20H22N2O2S. The number of ether oxygens (including phenoxy) is 1. The van der Waals surface area contributed by atoms with Crippen LogP contribution in [0.5, 0.6) is 0 Å². The van der Waals surface area contributed by atoms with Crippen molar-refractivity contribution in [2.75, 3.05) is 24.6 Å². The first-order chi connectivity index (χ1) is 12.2. The normalized spacial score (nSPS) is 21.1. The molecule has 2 aliphatic rings. The molecule has 0 N–H and O–H groups in total. The molecule has 1 saturated heterocycles. The topological polar surface area (TPSA) is 42.4 Å². The fraction of sp³-hybridized carbons (Fsp3) is 0.400. The zero-order valence-electron chi connectivity index (χ0n) is 14.4. The molecule has 2 aromatic heterocycles. The third-order valence-corrected chi connectivity index (χ3v) is 6.06. The number of piperidine rings is 1. The van der Waals surface area contributed by atoms with Crippen LogP contribution in [0.15, 0.2) is 30.8 Å². The number of anilines is 1. The van der Waals surface area contributed by atoms with Gasteiger partial charge in [-0.25, -0.2) is 9.78 Å². The predicted octanol–water partition coefficient (Wildman–Crippen LogP) is 4.01. The summed E-state index contributed by atoms with van der Waals surface area (Å²) in [7, 11) is 0. The molecule has 25 heavy (non-hydrogen) atoms. The van der Waals surface area contributed by atoms with E-state index in [9.17, 15) is 4.79 Å². The summed E-state index contributed by atoms with van der Waals surface area (Å²) in [5.41, 5.74) is 2.07. The second-order valence-electron chi connectivity index (χ2n) is 6.74. The van der Waals surface area contributed by atoms with Gasteiger partial charge in [-0.15, -0.1) is 11.3 Å². The number of aromatic nitrogens is 1. The van der Waals surface area contributed by atoms with Crippen LogP contribution in [0.1, 0.15) is 39.2 Å². The smallest absolute Gasteiger partial charge is 0.348 e. The minimum absolute atomic E-state index is 0.247. The second kappa shape index (κ2) is 6.64. The molecule has 1 aliphatic carbocycles. The number of thiophene rings is 1. The van der Waals surface area contributed by atoms with Gasteiger partial charge in [0.2, 0.25) is 0 Å². The van der Waals surface area contributed by atoms with Gasteiger partial charge in [0.05, 0.1) is 12.3 Å². The van der Waals surface area contributed by atoms with E-state index in [1.165, 1.54) is 17.8 Å². The Labute approximate surface area is 152 Å². The number of nitrogens with zero attached hydrogens (tertiary/aromatic N) is 2. The summed E-state index contributed by atoms with van der Waals surface area (Å²) in [6.45, 7) is 8.43. The lowest BCUT2D eigenvalue weighted by Gasteiger charge is -2.20. The minimum atomic E-state index is -0.247. The van der Waals surface area contributed by atoms with Gasteiger partial charge in [-0.1, -0.05) is 12.6 Å². The highest BCUT2D eigenvalue weighted by Gasteiger charge is 2.45. The van der Waals surface area contributed by atoms with Crippen molar-refractivity contribution >= 4 is 29.2 Å². The molecular weight excluding hydrogens is 332 g/mol. The highest BCUT2D eigenvalue weighted by molar-refractivity contribution is 7.13. The van der Waals surface area contributed by atoms with Crippen LogP contribution in [0.4, 0.5) is 5.82 Å². The highest BCUT2D eigenvalue weighted by atomic mass is 32.1. The van der Waals surface area contributed by atoms with Crippen LogP contribution >= 0.6 is 11.3 Å². The summed E-state index contributed by atoms with van der Waals surface area (Å²) in [6, 6.07) is 8.09. The number of esters is 1. The monoisotopic (exact) mass is 354 g/mol. The highest BCUT2D eigenvalue weighted by Crippen LogP contribution is 2.46. The summed E-state index contributed by atoms with van der Waals surface area (Å²) in [5.74, 6) is 2.59. The molecule has 130 valence electrons. The Kier molecular flexibility index (Phi) is 4.34. The van der Waals surface area contributed by atoms with Gasteiger partial charge in [0, 0.05) is 24.4 Å². The molecule has 0 spiro atoms. The van der Waals surface area contributed by atoms with Gasteiger partial charge < -0.3 is 9.64 Å². The molecule has 0 radical (unpaired) electrons. The number of hydrogen-bond donors (Lipinski definition) is 0. The van der Waals surface area contributed by atoms with Crippen molar-refractivity contribution in [1.82, 2.24) is 4.98 Å². The van der Waals surface area contributed by atoms with Gasteiger partial charge in [-0.2, -0.15) is 0 Å². The van der Waals surface area contributed by atoms with E-state index in [2.05, 4.69) is 23.6 Å². The minimum Gasteiger partial charge on any atom is -0.462 e.